The molecule has 2 amide bonds. The van der Waals surface area contributed by atoms with Crippen LogP contribution in [0.5, 0.6) is 5.75 Å². The summed E-state index contributed by atoms with van der Waals surface area (Å²) in [5, 5.41) is 2.99. The number of ether oxygens (including phenoxy) is 1. The third kappa shape index (κ3) is 8.10. The van der Waals surface area contributed by atoms with Crippen LogP contribution in [0.1, 0.15) is 50.3 Å². The van der Waals surface area contributed by atoms with Gasteiger partial charge >= 0.3 is 0 Å². The van der Waals surface area contributed by atoms with Crippen LogP contribution in [0.4, 0.5) is 5.69 Å². The molecule has 0 saturated heterocycles. The molecule has 0 aromatic heterocycles. The van der Waals surface area contributed by atoms with E-state index >= 15 is 0 Å². The van der Waals surface area contributed by atoms with Crippen molar-refractivity contribution in [3.05, 3.63) is 89.5 Å². The van der Waals surface area contributed by atoms with Crippen molar-refractivity contribution >= 4 is 27.5 Å². The Morgan fingerprint density at radius 3 is 1.93 bits per heavy atom. The van der Waals surface area contributed by atoms with Gasteiger partial charge in [-0.1, -0.05) is 61.4 Å². The van der Waals surface area contributed by atoms with Crippen LogP contribution in [0.2, 0.25) is 0 Å². The second kappa shape index (κ2) is 14.2. The first-order valence-corrected chi connectivity index (χ1v) is 15.3. The Kier molecular flexibility index (Phi) is 10.9. The van der Waals surface area contributed by atoms with Gasteiger partial charge in [0.2, 0.25) is 11.8 Å². The first-order chi connectivity index (χ1) is 19.5. The molecule has 0 radical (unpaired) electrons. The van der Waals surface area contributed by atoms with Gasteiger partial charge in [0.15, 0.2) is 0 Å². The first kappa shape index (κ1) is 31.7. The highest BCUT2D eigenvalue weighted by atomic mass is 32.2. The fourth-order valence-electron chi connectivity index (χ4n) is 4.37. The third-order valence-electron chi connectivity index (χ3n) is 7.11. The second-order valence-electron chi connectivity index (χ2n) is 10.3. The lowest BCUT2D eigenvalue weighted by molar-refractivity contribution is -0.140. The fraction of sp³-hybridized carbons (Fsp3) is 0.375. The molecule has 0 heterocycles. The van der Waals surface area contributed by atoms with E-state index in [1.54, 1.807) is 67.8 Å². The van der Waals surface area contributed by atoms with Crippen molar-refractivity contribution in [2.75, 3.05) is 18.0 Å². The number of nitrogens with zero attached hydrogens (tertiary/aromatic N) is 2. The number of anilines is 1. The van der Waals surface area contributed by atoms with Crippen LogP contribution in [0.15, 0.2) is 77.7 Å². The molecule has 0 saturated carbocycles. The third-order valence-corrected chi connectivity index (χ3v) is 8.90. The molecule has 3 rings (SSSR count). The SMILES string of the molecule is CC[C@@H](C)NC(=O)[C@@H](CC)N(Cc1ccc(OC)cc1)C(=O)CN(c1ccc(C)cc1)S(=O)(=O)c1ccc(C)cc1. The van der Waals surface area contributed by atoms with Crippen molar-refractivity contribution in [1.29, 1.82) is 0 Å². The van der Waals surface area contributed by atoms with E-state index in [0.29, 0.717) is 17.9 Å². The van der Waals surface area contributed by atoms with E-state index in [9.17, 15) is 18.0 Å². The van der Waals surface area contributed by atoms with Crippen molar-refractivity contribution < 1.29 is 22.7 Å². The number of sulfonamides is 1. The maximum Gasteiger partial charge on any atom is 0.264 e. The zero-order valence-corrected chi connectivity index (χ0v) is 25.6. The molecule has 9 heteroatoms. The first-order valence-electron chi connectivity index (χ1n) is 13.9. The molecule has 0 bridgehead atoms. The lowest BCUT2D eigenvalue weighted by atomic mass is 10.1. The average Bonchev–Trinajstić information content (AvgIpc) is 2.96. The van der Waals surface area contributed by atoms with E-state index in [-0.39, 0.29) is 23.4 Å². The molecule has 220 valence electrons. The predicted octanol–water partition coefficient (Wildman–Crippen LogP) is 5.23. The lowest BCUT2D eigenvalue weighted by Crippen LogP contribution is -2.53. The van der Waals surface area contributed by atoms with Crippen molar-refractivity contribution in [2.45, 2.75) is 71.0 Å². The maximum absolute atomic E-state index is 14.1. The molecule has 41 heavy (non-hydrogen) atoms. The highest BCUT2D eigenvalue weighted by molar-refractivity contribution is 7.92. The Balaban J connectivity index is 2.05. The van der Waals surface area contributed by atoms with Gasteiger partial charge in [-0.3, -0.25) is 13.9 Å². The summed E-state index contributed by atoms with van der Waals surface area (Å²) in [7, 11) is -2.53. The number of carbonyl (C=O) groups excluding carboxylic acids is 2. The zero-order chi connectivity index (χ0) is 30.2. The van der Waals surface area contributed by atoms with Crippen LogP contribution in [0.25, 0.3) is 0 Å². The van der Waals surface area contributed by atoms with Crippen molar-refractivity contribution in [1.82, 2.24) is 10.2 Å². The highest BCUT2D eigenvalue weighted by Crippen LogP contribution is 2.26. The molecule has 0 aliphatic rings. The second-order valence-corrected chi connectivity index (χ2v) is 12.1. The van der Waals surface area contributed by atoms with Crippen molar-refractivity contribution in [2.24, 2.45) is 0 Å². The molecule has 2 atom stereocenters. The van der Waals surface area contributed by atoms with E-state index in [4.69, 9.17) is 4.74 Å². The van der Waals surface area contributed by atoms with Gasteiger partial charge in [0.25, 0.3) is 10.0 Å². The van der Waals surface area contributed by atoms with Crippen LogP contribution in [0, 0.1) is 13.8 Å². The topological polar surface area (TPSA) is 96.0 Å². The Morgan fingerprint density at radius 2 is 1.41 bits per heavy atom. The minimum absolute atomic E-state index is 0.0690. The van der Waals surface area contributed by atoms with Gasteiger partial charge in [0.05, 0.1) is 17.7 Å². The molecular weight excluding hydrogens is 538 g/mol. The van der Waals surface area contributed by atoms with Gasteiger partial charge in [-0.25, -0.2) is 8.42 Å². The normalized spacial score (nSPS) is 12.7. The summed E-state index contributed by atoms with van der Waals surface area (Å²) in [5.41, 5.74) is 3.04. The van der Waals surface area contributed by atoms with Gasteiger partial charge in [-0.15, -0.1) is 0 Å². The summed E-state index contributed by atoms with van der Waals surface area (Å²) in [6, 6.07) is 19.9. The van der Waals surface area contributed by atoms with Gasteiger partial charge in [-0.2, -0.15) is 0 Å². The van der Waals surface area contributed by atoms with Crippen LogP contribution in [-0.4, -0.2) is 50.9 Å². The van der Waals surface area contributed by atoms with Gasteiger partial charge in [0.1, 0.15) is 18.3 Å². The van der Waals surface area contributed by atoms with Crippen molar-refractivity contribution in [3.63, 3.8) is 0 Å². The number of amides is 2. The summed E-state index contributed by atoms with van der Waals surface area (Å²) in [4.78, 5) is 29.1. The average molecular weight is 580 g/mol. The molecule has 0 aliphatic heterocycles. The molecule has 0 fully saturated rings. The van der Waals surface area contributed by atoms with Crippen molar-refractivity contribution in [3.8, 4) is 5.75 Å². The number of carbonyl (C=O) groups is 2. The number of hydrogen-bond acceptors (Lipinski definition) is 5. The Hall–Kier alpha value is -3.85. The minimum Gasteiger partial charge on any atom is -0.497 e. The number of aryl methyl sites for hydroxylation is 2. The number of nitrogens with one attached hydrogen (secondary N) is 1. The standard InChI is InChI=1S/C32H41N3O5S/c1-7-25(5)33-32(37)30(8-2)34(21-26-13-17-28(40-6)18-14-26)31(36)22-35(27-15-9-23(3)10-16-27)41(38,39)29-19-11-24(4)12-20-29/h9-20,25,30H,7-8,21-22H2,1-6H3,(H,33,37)/t25-,30-/m1/s1. The number of hydrogen-bond donors (Lipinski definition) is 1. The summed E-state index contributed by atoms with van der Waals surface area (Å²) in [6.45, 7) is 9.17. The number of methoxy groups -OCH3 is 1. The van der Waals surface area contributed by atoms with E-state index in [1.165, 1.54) is 4.90 Å². The van der Waals surface area contributed by atoms with Gasteiger partial charge < -0.3 is 15.0 Å². The molecule has 3 aromatic rings. The quantitative estimate of drug-likeness (QED) is 0.299. The summed E-state index contributed by atoms with van der Waals surface area (Å²) < 4.78 is 34.3. The number of benzene rings is 3. The zero-order valence-electron chi connectivity index (χ0n) is 24.8. The van der Waals surface area contributed by atoms with E-state index in [0.717, 1.165) is 27.4 Å². The summed E-state index contributed by atoms with van der Waals surface area (Å²) in [6.07, 6.45) is 1.10. The largest absolute Gasteiger partial charge is 0.497 e. The van der Waals surface area contributed by atoms with E-state index < -0.39 is 28.5 Å². The van der Waals surface area contributed by atoms with Crippen LogP contribution in [-0.2, 0) is 26.2 Å². The molecular formula is C32H41N3O5S. The van der Waals surface area contributed by atoms with Crippen LogP contribution < -0.4 is 14.4 Å². The summed E-state index contributed by atoms with van der Waals surface area (Å²) in [5.74, 6) is -0.0851. The molecule has 0 aliphatic carbocycles. The predicted molar refractivity (Wildman–Crippen MR) is 162 cm³/mol. The molecule has 8 nitrogen and oxygen atoms in total. The molecule has 1 N–H and O–H groups in total. The molecule has 0 unspecified atom stereocenters. The molecule has 0 spiro atoms. The lowest BCUT2D eigenvalue weighted by Gasteiger charge is -2.33. The smallest absolute Gasteiger partial charge is 0.264 e. The Morgan fingerprint density at radius 1 is 0.854 bits per heavy atom. The van der Waals surface area contributed by atoms with Gasteiger partial charge in [-0.05, 0) is 75.6 Å². The van der Waals surface area contributed by atoms with E-state index in [2.05, 4.69) is 5.32 Å². The Labute approximate surface area is 244 Å². The Bertz CT molecular complexity index is 1410. The van der Waals surface area contributed by atoms with Crippen LogP contribution in [0.3, 0.4) is 0 Å². The monoisotopic (exact) mass is 579 g/mol. The van der Waals surface area contributed by atoms with Crippen LogP contribution >= 0.6 is 0 Å². The maximum atomic E-state index is 14.1. The minimum atomic E-state index is -4.10. The fourth-order valence-corrected chi connectivity index (χ4v) is 5.78. The van der Waals surface area contributed by atoms with E-state index in [1.807, 2.05) is 46.8 Å². The molecule has 3 aromatic carbocycles. The number of rotatable bonds is 13. The van der Waals surface area contributed by atoms with Gasteiger partial charge in [0, 0.05) is 12.6 Å². The summed E-state index contributed by atoms with van der Waals surface area (Å²) >= 11 is 0. The highest BCUT2D eigenvalue weighted by Gasteiger charge is 2.34.